The number of fused-ring (bicyclic) bond motifs is 2. The molecule has 0 aliphatic heterocycles. The van der Waals surface area contributed by atoms with E-state index in [0.29, 0.717) is 6.10 Å². The molecule has 0 amide bonds. The van der Waals surface area contributed by atoms with Gasteiger partial charge in [0.05, 0.1) is 11.7 Å². The molecule has 2 aliphatic carbocycles. The fourth-order valence-corrected chi connectivity index (χ4v) is 2.96. The maximum atomic E-state index is 6.11. The molecule has 0 spiro atoms. The molecule has 76 valence electrons. The van der Waals surface area contributed by atoms with Gasteiger partial charge in [-0.2, -0.15) is 0 Å². The average molecular weight is 182 g/mol. The van der Waals surface area contributed by atoms with Gasteiger partial charge in [-0.25, -0.2) is 0 Å². The van der Waals surface area contributed by atoms with Gasteiger partial charge in [0, 0.05) is 0 Å². The van der Waals surface area contributed by atoms with Gasteiger partial charge >= 0.3 is 0 Å². The molecule has 2 saturated carbocycles. The van der Waals surface area contributed by atoms with Crippen LogP contribution in [0.3, 0.4) is 0 Å². The van der Waals surface area contributed by atoms with Gasteiger partial charge in [0.2, 0.25) is 0 Å². The SMILES string of the molecule is CC(C)(C)O[C@H]1CC[C@H]2CC[C@@H]1C2. The molecule has 0 radical (unpaired) electrons. The van der Waals surface area contributed by atoms with Crippen LogP contribution in [0.4, 0.5) is 0 Å². The van der Waals surface area contributed by atoms with Crippen molar-refractivity contribution in [1.82, 2.24) is 0 Å². The molecule has 0 unspecified atom stereocenters. The molecule has 0 aromatic carbocycles. The Kier molecular flexibility index (Phi) is 2.39. The van der Waals surface area contributed by atoms with Gasteiger partial charge < -0.3 is 4.74 Å². The zero-order valence-corrected chi connectivity index (χ0v) is 9.18. The fraction of sp³-hybridized carbons (Fsp3) is 1.00. The van der Waals surface area contributed by atoms with Crippen LogP contribution in [0.2, 0.25) is 0 Å². The lowest BCUT2D eigenvalue weighted by molar-refractivity contribution is -0.0952. The molecule has 2 fully saturated rings. The second-order valence-corrected chi connectivity index (χ2v) is 5.79. The van der Waals surface area contributed by atoms with Crippen molar-refractivity contribution in [1.29, 1.82) is 0 Å². The summed E-state index contributed by atoms with van der Waals surface area (Å²) >= 11 is 0. The van der Waals surface area contributed by atoms with Crippen LogP contribution in [0.25, 0.3) is 0 Å². The lowest BCUT2D eigenvalue weighted by Gasteiger charge is -2.34. The summed E-state index contributed by atoms with van der Waals surface area (Å²) in [6, 6.07) is 0. The number of hydrogen-bond acceptors (Lipinski definition) is 1. The standard InChI is InChI=1S/C12H22O/c1-12(2,3)13-11-7-5-9-4-6-10(11)8-9/h9-11H,4-8H2,1-3H3/t9-,10-,11+/m1/s1. The van der Waals surface area contributed by atoms with Crippen LogP contribution in [0.5, 0.6) is 0 Å². The van der Waals surface area contributed by atoms with E-state index in [2.05, 4.69) is 20.8 Å². The summed E-state index contributed by atoms with van der Waals surface area (Å²) in [4.78, 5) is 0. The van der Waals surface area contributed by atoms with E-state index in [-0.39, 0.29) is 5.60 Å². The summed E-state index contributed by atoms with van der Waals surface area (Å²) in [5, 5.41) is 0. The third-order valence-corrected chi connectivity index (χ3v) is 3.47. The summed E-state index contributed by atoms with van der Waals surface area (Å²) in [6.07, 6.45) is 7.63. The smallest absolute Gasteiger partial charge is 0.0610 e. The summed E-state index contributed by atoms with van der Waals surface area (Å²) < 4.78 is 6.11. The highest BCUT2D eigenvalue weighted by Crippen LogP contribution is 2.44. The van der Waals surface area contributed by atoms with Crippen molar-refractivity contribution in [2.24, 2.45) is 11.8 Å². The maximum absolute atomic E-state index is 6.11. The Hall–Kier alpha value is -0.0400. The molecule has 0 heterocycles. The fourth-order valence-electron chi connectivity index (χ4n) is 2.96. The Labute approximate surface area is 81.9 Å². The average Bonchev–Trinajstić information content (AvgIpc) is 2.37. The predicted molar refractivity (Wildman–Crippen MR) is 54.7 cm³/mol. The van der Waals surface area contributed by atoms with Crippen LogP contribution in [0.15, 0.2) is 0 Å². The van der Waals surface area contributed by atoms with Crippen LogP contribution in [-0.4, -0.2) is 11.7 Å². The normalized spacial score (nSPS) is 39.5. The van der Waals surface area contributed by atoms with Crippen molar-refractivity contribution in [3.8, 4) is 0 Å². The molecule has 3 atom stereocenters. The first-order valence-electron chi connectivity index (χ1n) is 5.72. The van der Waals surface area contributed by atoms with Gasteiger partial charge in [-0.3, -0.25) is 0 Å². The maximum Gasteiger partial charge on any atom is 0.0610 e. The van der Waals surface area contributed by atoms with Crippen LogP contribution < -0.4 is 0 Å². The summed E-state index contributed by atoms with van der Waals surface area (Å²) in [5.41, 5.74) is 0.0556. The largest absolute Gasteiger partial charge is 0.372 e. The van der Waals surface area contributed by atoms with Gasteiger partial charge in [0.15, 0.2) is 0 Å². The van der Waals surface area contributed by atoms with Gasteiger partial charge in [-0.05, 0) is 58.3 Å². The van der Waals surface area contributed by atoms with E-state index in [4.69, 9.17) is 4.74 Å². The molecule has 0 N–H and O–H groups in total. The second kappa shape index (κ2) is 3.27. The molecule has 0 aromatic rings. The molecule has 2 bridgehead atoms. The molecule has 13 heavy (non-hydrogen) atoms. The zero-order valence-electron chi connectivity index (χ0n) is 9.18. The van der Waals surface area contributed by atoms with E-state index in [1.807, 2.05) is 0 Å². The van der Waals surface area contributed by atoms with Crippen molar-refractivity contribution in [2.75, 3.05) is 0 Å². The first-order chi connectivity index (χ1) is 6.04. The number of rotatable bonds is 1. The van der Waals surface area contributed by atoms with Gasteiger partial charge in [-0.1, -0.05) is 6.42 Å². The van der Waals surface area contributed by atoms with Gasteiger partial charge in [0.25, 0.3) is 0 Å². The first kappa shape index (κ1) is 9.51. The van der Waals surface area contributed by atoms with E-state index >= 15 is 0 Å². The Morgan fingerprint density at radius 3 is 2.38 bits per heavy atom. The molecule has 2 rings (SSSR count). The van der Waals surface area contributed by atoms with Crippen molar-refractivity contribution >= 4 is 0 Å². The van der Waals surface area contributed by atoms with Gasteiger partial charge in [-0.15, -0.1) is 0 Å². The highest BCUT2D eigenvalue weighted by atomic mass is 16.5. The van der Waals surface area contributed by atoms with Crippen LogP contribution in [0.1, 0.15) is 52.9 Å². The molecule has 1 heteroatoms. The molecular weight excluding hydrogens is 160 g/mol. The van der Waals surface area contributed by atoms with Crippen LogP contribution >= 0.6 is 0 Å². The van der Waals surface area contributed by atoms with Gasteiger partial charge in [0.1, 0.15) is 0 Å². The first-order valence-corrected chi connectivity index (χ1v) is 5.72. The quantitative estimate of drug-likeness (QED) is 0.604. The van der Waals surface area contributed by atoms with Crippen molar-refractivity contribution in [2.45, 2.75) is 64.6 Å². The highest BCUT2D eigenvalue weighted by Gasteiger charge is 2.37. The number of hydrogen-bond donors (Lipinski definition) is 0. The van der Waals surface area contributed by atoms with Crippen molar-refractivity contribution in [3.63, 3.8) is 0 Å². The minimum absolute atomic E-state index is 0.0556. The van der Waals surface area contributed by atoms with E-state index < -0.39 is 0 Å². The van der Waals surface area contributed by atoms with E-state index in [0.717, 1.165) is 11.8 Å². The van der Waals surface area contributed by atoms with E-state index in [9.17, 15) is 0 Å². The Bertz CT molecular complexity index is 180. The minimum atomic E-state index is 0.0556. The Morgan fingerprint density at radius 1 is 1.00 bits per heavy atom. The third-order valence-electron chi connectivity index (χ3n) is 3.47. The zero-order chi connectivity index (χ0) is 9.47. The van der Waals surface area contributed by atoms with Crippen LogP contribution in [0, 0.1) is 11.8 Å². The third kappa shape index (κ3) is 2.25. The van der Waals surface area contributed by atoms with Crippen molar-refractivity contribution < 1.29 is 4.74 Å². The lowest BCUT2D eigenvalue weighted by Crippen LogP contribution is -2.34. The summed E-state index contributed by atoms with van der Waals surface area (Å²) in [7, 11) is 0. The highest BCUT2D eigenvalue weighted by molar-refractivity contribution is 4.88. The number of ether oxygens (including phenoxy) is 1. The lowest BCUT2D eigenvalue weighted by atomic mass is 9.86. The van der Waals surface area contributed by atoms with E-state index in [1.165, 1.54) is 32.1 Å². The predicted octanol–water partition coefficient (Wildman–Crippen LogP) is 3.38. The second-order valence-electron chi connectivity index (χ2n) is 5.79. The molecule has 0 saturated heterocycles. The summed E-state index contributed by atoms with van der Waals surface area (Å²) in [5.74, 6) is 1.93. The van der Waals surface area contributed by atoms with E-state index in [1.54, 1.807) is 0 Å². The monoisotopic (exact) mass is 182 g/mol. The van der Waals surface area contributed by atoms with Crippen LogP contribution in [-0.2, 0) is 4.74 Å². The molecule has 1 nitrogen and oxygen atoms in total. The molecule has 2 aliphatic rings. The Balaban J connectivity index is 1.93. The topological polar surface area (TPSA) is 9.23 Å². The van der Waals surface area contributed by atoms with Crippen molar-refractivity contribution in [3.05, 3.63) is 0 Å². The summed E-state index contributed by atoms with van der Waals surface area (Å²) in [6.45, 7) is 6.52. The molecule has 0 aromatic heterocycles. The minimum Gasteiger partial charge on any atom is -0.372 e. The Morgan fingerprint density at radius 2 is 1.69 bits per heavy atom. The molecular formula is C12H22O.